The summed E-state index contributed by atoms with van der Waals surface area (Å²) in [6, 6.07) is -0.225. The molecule has 0 fully saturated rings. The standard InChI is InChI=1S/C8H11BrClN3O2/c1-15-4-5(3-14)12-7-6(9)2-11-8(10)13-7/h2,5,14H,3-4H2,1H3,(H,11,12,13). The van der Waals surface area contributed by atoms with Gasteiger partial charge in [-0.1, -0.05) is 0 Å². The fourth-order valence-corrected chi connectivity index (χ4v) is 1.42. The van der Waals surface area contributed by atoms with Gasteiger partial charge in [-0.05, 0) is 27.5 Å². The van der Waals surface area contributed by atoms with Crippen molar-refractivity contribution in [1.82, 2.24) is 9.97 Å². The Morgan fingerprint density at radius 3 is 3.07 bits per heavy atom. The molecule has 1 heterocycles. The zero-order chi connectivity index (χ0) is 11.3. The fourth-order valence-electron chi connectivity index (χ4n) is 0.981. The van der Waals surface area contributed by atoms with E-state index >= 15 is 0 Å². The number of anilines is 1. The minimum absolute atomic E-state index is 0.0537. The molecule has 7 heteroatoms. The van der Waals surface area contributed by atoms with Crippen molar-refractivity contribution in [3.63, 3.8) is 0 Å². The molecule has 1 aromatic heterocycles. The van der Waals surface area contributed by atoms with Gasteiger partial charge in [0.05, 0.1) is 23.7 Å². The number of rotatable bonds is 5. The van der Waals surface area contributed by atoms with E-state index in [2.05, 4.69) is 31.2 Å². The van der Waals surface area contributed by atoms with Gasteiger partial charge in [-0.25, -0.2) is 4.98 Å². The van der Waals surface area contributed by atoms with Gasteiger partial charge in [-0.15, -0.1) is 0 Å². The number of halogens is 2. The third-order valence-corrected chi connectivity index (χ3v) is 2.41. The van der Waals surface area contributed by atoms with Crippen LogP contribution in [0.3, 0.4) is 0 Å². The number of aromatic nitrogens is 2. The van der Waals surface area contributed by atoms with Crippen molar-refractivity contribution in [3.05, 3.63) is 16.0 Å². The normalized spacial score (nSPS) is 12.5. The van der Waals surface area contributed by atoms with Gasteiger partial charge < -0.3 is 15.2 Å². The van der Waals surface area contributed by atoms with Crippen molar-refractivity contribution >= 4 is 33.3 Å². The lowest BCUT2D eigenvalue weighted by Crippen LogP contribution is -2.29. The molecule has 0 bridgehead atoms. The van der Waals surface area contributed by atoms with E-state index in [-0.39, 0.29) is 17.9 Å². The second-order valence-corrected chi connectivity index (χ2v) is 4.01. The third kappa shape index (κ3) is 3.90. The van der Waals surface area contributed by atoms with E-state index in [1.54, 1.807) is 13.3 Å². The predicted molar refractivity (Wildman–Crippen MR) is 61.1 cm³/mol. The number of ether oxygens (including phenoxy) is 1. The number of aliphatic hydroxyl groups is 1. The molecule has 0 aliphatic rings. The summed E-state index contributed by atoms with van der Waals surface area (Å²) < 4.78 is 5.60. The molecule has 0 saturated heterocycles. The summed E-state index contributed by atoms with van der Waals surface area (Å²) >= 11 is 8.91. The average molecular weight is 297 g/mol. The van der Waals surface area contributed by atoms with Crippen LogP contribution in [0.5, 0.6) is 0 Å². The Morgan fingerprint density at radius 2 is 2.47 bits per heavy atom. The maximum absolute atomic E-state index is 9.04. The highest BCUT2D eigenvalue weighted by atomic mass is 79.9. The van der Waals surface area contributed by atoms with Gasteiger partial charge in [0.2, 0.25) is 5.28 Å². The molecule has 15 heavy (non-hydrogen) atoms. The van der Waals surface area contributed by atoms with E-state index in [1.807, 2.05) is 0 Å². The molecule has 2 N–H and O–H groups in total. The number of nitrogens with zero attached hydrogens (tertiary/aromatic N) is 2. The van der Waals surface area contributed by atoms with Crippen LogP contribution in [0, 0.1) is 0 Å². The second-order valence-electron chi connectivity index (χ2n) is 2.81. The highest BCUT2D eigenvalue weighted by molar-refractivity contribution is 9.10. The molecule has 5 nitrogen and oxygen atoms in total. The summed E-state index contributed by atoms with van der Waals surface area (Å²) in [5.41, 5.74) is 0. The molecule has 0 aliphatic heterocycles. The molecule has 1 unspecified atom stereocenters. The Balaban J connectivity index is 2.73. The first-order valence-corrected chi connectivity index (χ1v) is 5.38. The summed E-state index contributed by atoms with van der Waals surface area (Å²) in [5, 5.41) is 12.2. The highest BCUT2D eigenvalue weighted by Gasteiger charge is 2.10. The van der Waals surface area contributed by atoms with Crippen molar-refractivity contribution in [2.24, 2.45) is 0 Å². The highest BCUT2D eigenvalue weighted by Crippen LogP contribution is 2.20. The minimum Gasteiger partial charge on any atom is -0.394 e. The molecule has 0 saturated carbocycles. The molecule has 0 aromatic carbocycles. The summed E-state index contributed by atoms with van der Waals surface area (Å²) in [6.45, 7) is 0.326. The van der Waals surface area contributed by atoms with Crippen LogP contribution >= 0.6 is 27.5 Å². The molecule has 0 radical (unpaired) electrons. The molecule has 84 valence electrons. The first kappa shape index (κ1) is 12.6. The average Bonchev–Trinajstić information content (AvgIpc) is 2.22. The topological polar surface area (TPSA) is 67.3 Å². The smallest absolute Gasteiger partial charge is 0.224 e. The van der Waals surface area contributed by atoms with Gasteiger partial charge in [0.15, 0.2) is 0 Å². The molecule has 1 atom stereocenters. The van der Waals surface area contributed by atoms with E-state index in [9.17, 15) is 0 Å². The van der Waals surface area contributed by atoms with Gasteiger partial charge in [0.1, 0.15) is 5.82 Å². The van der Waals surface area contributed by atoms with Crippen LogP contribution in [-0.4, -0.2) is 41.4 Å². The second kappa shape index (κ2) is 6.22. The Labute approximate surface area is 101 Å². The summed E-state index contributed by atoms with van der Waals surface area (Å²) in [7, 11) is 1.56. The SMILES string of the molecule is COCC(CO)Nc1nc(Cl)ncc1Br. The van der Waals surface area contributed by atoms with Crippen LogP contribution in [0.1, 0.15) is 0 Å². The molecule has 0 amide bonds. The van der Waals surface area contributed by atoms with Gasteiger partial charge in [-0.3, -0.25) is 0 Å². The molecule has 0 aliphatic carbocycles. The number of methoxy groups -OCH3 is 1. The van der Waals surface area contributed by atoms with Crippen molar-refractivity contribution in [2.75, 3.05) is 25.6 Å². The molecule has 1 aromatic rings. The van der Waals surface area contributed by atoms with Gasteiger partial charge in [0.25, 0.3) is 0 Å². The fraction of sp³-hybridized carbons (Fsp3) is 0.500. The van der Waals surface area contributed by atoms with Crippen LogP contribution in [-0.2, 0) is 4.74 Å². The van der Waals surface area contributed by atoms with Crippen LogP contribution in [0.2, 0.25) is 5.28 Å². The Morgan fingerprint density at radius 1 is 1.73 bits per heavy atom. The molecule has 0 spiro atoms. The Kier molecular flexibility index (Phi) is 5.24. The van der Waals surface area contributed by atoms with Crippen LogP contribution in [0.15, 0.2) is 10.7 Å². The largest absolute Gasteiger partial charge is 0.394 e. The first-order chi connectivity index (χ1) is 7.17. The van der Waals surface area contributed by atoms with E-state index in [0.717, 1.165) is 0 Å². The van der Waals surface area contributed by atoms with Crippen molar-refractivity contribution in [2.45, 2.75) is 6.04 Å². The van der Waals surface area contributed by atoms with E-state index < -0.39 is 0 Å². The zero-order valence-corrected chi connectivity index (χ0v) is 10.4. The van der Waals surface area contributed by atoms with E-state index in [4.69, 9.17) is 21.4 Å². The quantitative estimate of drug-likeness (QED) is 0.802. The molecule has 1 rings (SSSR count). The summed E-state index contributed by atoms with van der Waals surface area (Å²) in [6.07, 6.45) is 1.54. The Bertz CT molecular complexity index is 327. The van der Waals surface area contributed by atoms with Crippen molar-refractivity contribution < 1.29 is 9.84 Å². The van der Waals surface area contributed by atoms with Gasteiger partial charge in [-0.2, -0.15) is 4.98 Å². The van der Waals surface area contributed by atoms with Crippen LogP contribution < -0.4 is 5.32 Å². The third-order valence-electron chi connectivity index (χ3n) is 1.64. The number of hydrogen-bond acceptors (Lipinski definition) is 5. The molecular weight excluding hydrogens is 285 g/mol. The van der Waals surface area contributed by atoms with E-state index in [1.165, 1.54) is 0 Å². The lowest BCUT2D eigenvalue weighted by atomic mass is 10.3. The van der Waals surface area contributed by atoms with Gasteiger partial charge in [0, 0.05) is 13.3 Å². The summed E-state index contributed by atoms with van der Waals surface area (Å²) in [4.78, 5) is 7.76. The lowest BCUT2D eigenvalue weighted by Gasteiger charge is -2.16. The van der Waals surface area contributed by atoms with Crippen molar-refractivity contribution in [1.29, 1.82) is 0 Å². The van der Waals surface area contributed by atoms with Crippen LogP contribution in [0.4, 0.5) is 5.82 Å². The number of nitrogens with one attached hydrogen (secondary N) is 1. The van der Waals surface area contributed by atoms with E-state index in [0.29, 0.717) is 16.9 Å². The number of hydrogen-bond donors (Lipinski definition) is 2. The first-order valence-electron chi connectivity index (χ1n) is 4.21. The molecular formula is C8H11BrClN3O2. The lowest BCUT2D eigenvalue weighted by molar-refractivity contribution is 0.153. The monoisotopic (exact) mass is 295 g/mol. The number of aliphatic hydroxyl groups excluding tert-OH is 1. The van der Waals surface area contributed by atoms with Crippen molar-refractivity contribution in [3.8, 4) is 0 Å². The minimum atomic E-state index is -0.225. The zero-order valence-electron chi connectivity index (χ0n) is 8.07. The maximum Gasteiger partial charge on any atom is 0.224 e. The maximum atomic E-state index is 9.04. The summed E-state index contributed by atoms with van der Waals surface area (Å²) in [5.74, 6) is 0.533. The Hall–Kier alpha value is -0.430. The van der Waals surface area contributed by atoms with Crippen LogP contribution in [0.25, 0.3) is 0 Å². The van der Waals surface area contributed by atoms with Gasteiger partial charge >= 0.3 is 0 Å². The predicted octanol–water partition coefficient (Wildman–Crippen LogP) is 1.31.